The Morgan fingerprint density at radius 3 is 2.67 bits per heavy atom. The molecule has 1 N–H and O–H groups in total. The summed E-state index contributed by atoms with van der Waals surface area (Å²) in [5.41, 5.74) is 2.97. The van der Waals surface area contributed by atoms with Crippen LogP contribution in [0.5, 0.6) is 5.75 Å². The molecule has 27 heavy (non-hydrogen) atoms. The molecule has 0 aliphatic carbocycles. The molecule has 0 saturated heterocycles. The smallest absolute Gasteiger partial charge is 0.277 e. The van der Waals surface area contributed by atoms with E-state index in [-0.39, 0.29) is 11.2 Å². The van der Waals surface area contributed by atoms with Crippen LogP contribution in [0.2, 0.25) is 0 Å². The number of para-hydroxylation sites is 1. The molecule has 1 aromatic heterocycles. The quantitative estimate of drug-likeness (QED) is 0.625. The van der Waals surface area contributed by atoms with E-state index < -0.39 is 0 Å². The van der Waals surface area contributed by atoms with E-state index >= 15 is 0 Å². The van der Waals surface area contributed by atoms with Gasteiger partial charge in [0, 0.05) is 6.54 Å². The molecule has 1 heterocycles. The summed E-state index contributed by atoms with van der Waals surface area (Å²) in [5.74, 6) is 0.932. The van der Waals surface area contributed by atoms with Crippen LogP contribution in [0.25, 0.3) is 11.5 Å². The van der Waals surface area contributed by atoms with Gasteiger partial charge in [0.1, 0.15) is 5.75 Å². The summed E-state index contributed by atoms with van der Waals surface area (Å²) in [7, 11) is 1.59. The van der Waals surface area contributed by atoms with Crippen LogP contribution in [-0.4, -0.2) is 28.5 Å². The molecule has 0 saturated carbocycles. The zero-order valence-corrected chi connectivity index (χ0v) is 16.2. The van der Waals surface area contributed by atoms with Crippen molar-refractivity contribution >= 4 is 17.7 Å². The number of hydrogen-bond acceptors (Lipinski definition) is 6. The summed E-state index contributed by atoms with van der Waals surface area (Å²) in [6.07, 6.45) is 0. The molecule has 0 radical (unpaired) electrons. The summed E-state index contributed by atoms with van der Waals surface area (Å²) in [5, 5.41) is 11.0. The molecule has 140 valence electrons. The zero-order valence-electron chi connectivity index (χ0n) is 15.4. The maximum absolute atomic E-state index is 12.3. The topological polar surface area (TPSA) is 77.2 Å². The van der Waals surface area contributed by atoms with Crippen LogP contribution >= 0.6 is 11.8 Å². The fourth-order valence-corrected chi connectivity index (χ4v) is 3.14. The lowest BCUT2D eigenvalue weighted by atomic mass is 10.1. The number of aromatic nitrogens is 2. The van der Waals surface area contributed by atoms with Crippen LogP contribution in [0.1, 0.15) is 18.1 Å². The third-order valence-corrected chi connectivity index (χ3v) is 4.91. The number of benzene rings is 2. The van der Waals surface area contributed by atoms with Crippen molar-refractivity contribution in [1.82, 2.24) is 15.5 Å². The number of nitrogens with zero attached hydrogens (tertiary/aromatic N) is 2. The van der Waals surface area contributed by atoms with E-state index in [1.54, 1.807) is 7.11 Å². The summed E-state index contributed by atoms with van der Waals surface area (Å²) < 4.78 is 11.0. The summed E-state index contributed by atoms with van der Waals surface area (Å²) in [4.78, 5) is 12.3. The summed E-state index contributed by atoms with van der Waals surface area (Å²) in [6, 6.07) is 15.5. The molecule has 0 spiro atoms. The first-order valence-corrected chi connectivity index (χ1v) is 9.41. The van der Waals surface area contributed by atoms with Crippen LogP contribution in [0.4, 0.5) is 0 Å². The molecule has 1 unspecified atom stereocenters. The Kier molecular flexibility index (Phi) is 6.13. The van der Waals surface area contributed by atoms with Gasteiger partial charge in [0.2, 0.25) is 5.91 Å². The van der Waals surface area contributed by atoms with Crippen molar-refractivity contribution in [2.24, 2.45) is 0 Å². The molecular weight excluding hydrogens is 362 g/mol. The minimum Gasteiger partial charge on any atom is -0.496 e. The summed E-state index contributed by atoms with van der Waals surface area (Å²) >= 11 is 1.23. The monoisotopic (exact) mass is 383 g/mol. The highest BCUT2D eigenvalue weighted by molar-refractivity contribution is 8.00. The minimum atomic E-state index is -0.360. The lowest BCUT2D eigenvalue weighted by Crippen LogP contribution is -2.30. The fraction of sp³-hybridized carbons (Fsp3) is 0.250. The minimum absolute atomic E-state index is 0.0855. The van der Waals surface area contributed by atoms with Gasteiger partial charge in [0.05, 0.1) is 17.9 Å². The normalized spacial score (nSPS) is 11.8. The zero-order chi connectivity index (χ0) is 19.2. The highest BCUT2D eigenvalue weighted by Gasteiger charge is 2.19. The summed E-state index contributed by atoms with van der Waals surface area (Å²) in [6.45, 7) is 4.33. The van der Waals surface area contributed by atoms with Crippen molar-refractivity contribution in [2.75, 3.05) is 7.11 Å². The number of methoxy groups -OCH3 is 1. The molecule has 0 aliphatic heterocycles. The van der Waals surface area contributed by atoms with Gasteiger partial charge in [-0.15, -0.1) is 10.2 Å². The highest BCUT2D eigenvalue weighted by atomic mass is 32.2. The van der Waals surface area contributed by atoms with Crippen molar-refractivity contribution < 1.29 is 13.9 Å². The Morgan fingerprint density at radius 2 is 1.93 bits per heavy atom. The van der Waals surface area contributed by atoms with E-state index in [0.29, 0.717) is 23.4 Å². The van der Waals surface area contributed by atoms with E-state index in [2.05, 4.69) is 15.5 Å². The van der Waals surface area contributed by atoms with Gasteiger partial charge in [-0.1, -0.05) is 53.7 Å². The van der Waals surface area contributed by atoms with Gasteiger partial charge < -0.3 is 14.5 Å². The molecule has 6 nitrogen and oxygen atoms in total. The second-order valence-electron chi connectivity index (χ2n) is 6.04. The van der Waals surface area contributed by atoms with E-state index in [1.165, 1.54) is 17.3 Å². The van der Waals surface area contributed by atoms with Gasteiger partial charge in [-0.3, -0.25) is 4.79 Å². The second kappa shape index (κ2) is 8.73. The highest BCUT2D eigenvalue weighted by Crippen LogP contribution is 2.31. The van der Waals surface area contributed by atoms with Crippen molar-refractivity contribution in [2.45, 2.75) is 30.9 Å². The van der Waals surface area contributed by atoms with Crippen LogP contribution in [-0.2, 0) is 11.3 Å². The van der Waals surface area contributed by atoms with Gasteiger partial charge in [-0.05, 0) is 31.5 Å². The van der Waals surface area contributed by atoms with Crippen molar-refractivity contribution in [3.8, 4) is 17.2 Å². The number of hydrogen-bond donors (Lipinski definition) is 1. The maximum atomic E-state index is 12.3. The standard InChI is InChI=1S/C20H21N3O3S/c1-13-8-10-15(11-9-13)12-21-18(24)14(2)27-20-23-22-19(26-20)16-6-4-5-7-17(16)25-3/h4-11,14H,12H2,1-3H3,(H,21,24). The molecule has 0 aliphatic rings. The molecule has 1 atom stereocenters. The molecule has 1 amide bonds. The van der Waals surface area contributed by atoms with E-state index in [9.17, 15) is 4.79 Å². The van der Waals surface area contributed by atoms with Crippen molar-refractivity contribution in [3.05, 3.63) is 59.7 Å². The lowest BCUT2D eigenvalue weighted by molar-refractivity contribution is -0.120. The van der Waals surface area contributed by atoms with Crippen molar-refractivity contribution in [3.63, 3.8) is 0 Å². The maximum Gasteiger partial charge on any atom is 0.277 e. The molecule has 0 fully saturated rings. The number of ether oxygens (including phenoxy) is 1. The Morgan fingerprint density at radius 1 is 1.19 bits per heavy atom. The third kappa shape index (κ3) is 4.89. The predicted octanol–water partition coefficient (Wildman–Crippen LogP) is 3.85. The van der Waals surface area contributed by atoms with Crippen molar-refractivity contribution in [1.29, 1.82) is 0 Å². The number of carbonyl (C=O) groups is 1. The predicted molar refractivity (Wildman–Crippen MR) is 105 cm³/mol. The van der Waals surface area contributed by atoms with E-state index in [4.69, 9.17) is 9.15 Å². The van der Waals surface area contributed by atoms with Gasteiger partial charge in [-0.25, -0.2) is 0 Å². The molecule has 3 rings (SSSR count). The Bertz CT molecular complexity index is 909. The van der Waals surface area contributed by atoms with E-state index in [1.807, 2.05) is 62.4 Å². The van der Waals surface area contributed by atoms with Crippen LogP contribution in [0.3, 0.4) is 0 Å². The van der Waals surface area contributed by atoms with Gasteiger partial charge >= 0.3 is 0 Å². The molecule has 2 aromatic carbocycles. The largest absolute Gasteiger partial charge is 0.496 e. The lowest BCUT2D eigenvalue weighted by Gasteiger charge is -2.10. The first-order chi connectivity index (χ1) is 13.1. The fourth-order valence-electron chi connectivity index (χ4n) is 2.43. The first kappa shape index (κ1) is 19.0. The molecule has 7 heteroatoms. The molecule has 3 aromatic rings. The Balaban J connectivity index is 1.59. The van der Waals surface area contributed by atoms with Gasteiger partial charge in [-0.2, -0.15) is 0 Å². The Labute approximate surface area is 162 Å². The number of amides is 1. The van der Waals surface area contributed by atoms with Gasteiger partial charge in [0.25, 0.3) is 11.1 Å². The number of carbonyl (C=O) groups excluding carboxylic acids is 1. The Hall–Kier alpha value is -2.80. The van der Waals surface area contributed by atoms with Crippen LogP contribution in [0.15, 0.2) is 58.2 Å². The average Bonchev–Trinajstić information content (AvgIpc) is 3.15. The number of rotatable bonds is 7. The second-order valence-corrected chi connectivity index (χ2v) is 7.33. The SMILES string of the molecule is COc1ccccc1-c1nnc(SC(C)C(=O)NCc2ccc(C)cc2)o1. The van der Waals surface area contributed by atoms with Gasteiger partial charge in [0.15, 0.2) is 0 Å². The number of aryl methyl sites for hydroxylation is 1. The average molecular weight is 383 g/mol. The molecule has 0 bridgehead atoms. The number of thioether (sulfide) groups is 1. The third-order valence-electron chi connectivity index (χ3n) is 3.98. The van der Waals surface area contributed by atoms with Crippen LogP contribution < -0.4 is 10.1 Å². The van der Waals surface area contributed by atoms with Crippen LogP contribution in [0, 0.1) is 6.92 Å². The van der Waals surface area contributed by atoms with E-state index in [0.717, 1.165) is 11.1 Å². The first-order valence-electron chi connectivity index (χ1n) is 8.53. The molecular formula is C20H21N3O3S. The number of nitrogens with one attached hydrogen (secondary N) is 1.